The Morgan fingerprint density at radius 3 is 2.67 bits per heavy atom. The monoisotopic (exact) mass is 170 g/mol. The molecule has 0 heterocycles. The van der Waals surface area contributed by atoms with Crippen LogP contribution in [0.5, 0.6) is 0 Å². The zero-order valence-corrected chi connectivity index (χ0v) is 9.06. The van der Waals surface area contributed by atoms with Crippen molar-refractivity contribution in [3.05, 3.63) is 0 Å². The normalized spacial score (nSPS) is 7.00. The van der Waals surface area contributed by atoms with E-state index >= 15 is 0 Å². The van der Waals surface area contributed by atoms with Crippen molar-refractivity contribution >= 4 is 69.1 Å². The molecule has 0 aliphatic heterocycles. The zero-order chi connectivity index (χ0) is 6.41. The van der Waals surface area contributed by atoms with Crippen LogP contribution in [0, 0.1) is 11.3 Å². The smallest absolute Gasteiger partial charge is 0.313 e. The van der Waals surface area contributed by atoms with Gasteiger partial charge in [-0.15, -0.1) is 11.8 Å². The first-order valence-corrected chi connectivity index (χ1v) is 3.09. The van der Waals surface area contributed by atoms with Crippen LogP contribution in [0.3, 0.4) is 0 Å². The Balaban J connectivity index is 0. The molecule has 45 valence electrons. The van der Waals surface area contributed by atoms with Crippen molar-refractivity contribution < 1.29 is 9.90 Å². The number of hydrogen-bond donors (Lipinski definition) is 1. The largest absolute Gasteiger partial charge is 0.481 e. The van der Waals surface area contributed by atoms with Crippen molar-refractivity contribution in [2.45, 2.75) is 0 Å². The third-order valence-electron chi connectivity index (χ3n) is 0.392. The summed E-state index contributed by atoms with van der Waals surface area (Å²) >= 11 is 1.10. The summed E-state index contributed by atoms with van der Waals surface area (Å²) in [5.41, 5.74) is 0. The van der Waals surface area contributed by atoms with E-state index in [4.69, 9.17) is 10.4 Å². The van der Waals surface area contributed by atoms with Crippen molar-refractivity contribution in [3.63, 3.8) is 0 Å². The summed E-state index contributed by atoms with van der Waals surface area (Å²) in [5, 5.41) is 15.9. The first-order chi connectivity index (χ1) is 3.77. The Hall–Kier alpha value is 0.946. The molecule has 9 heavy (non-hydrogen) atoms. The third kappa shape index (κ3) is 12.2. The minimum atomic E-state index is -0.870. The van der Waals surface area contributed by atoms with Gasteiger partial charge < -0.3 is 5.11 Å². The zero-order valence-electron chi connectivity index (χ0n) is 5.13. The van der Waals surface area contributed by atoms with Gasteiger partial charge in [0.25, 0.3) is 0 Å². The van der Waals surface area contributed by atoms with Crippen LogP contribution < -0.4 is 0 Å². The van der Waals surface area contributed by atoms with Crippen LogP contribution >= 0.6 is 11.8 Å². The molecule has 0 bridgehead atoms. The fraction of sp³-hybridized carbons (Fsp3) is 0.500. The first kappa shape index (κ1) is 12.6. The summed E-state index contributed by atoms with van der Waals surface area (Å²) in [6.45, 7) is 0. The van der Waals surface area contributed by atoms with Gasteiger partial charge in [0, 0.05) is 51.4 Å². The molecule has 0 aromatic rings. The van der Waals surface area contributed by atoms with Gasteiger partial charge >= 0.3 is 5.97 Å². The molecular weight excluding hydrogens is 165 g/mol. The summed E-state index contributed by atoms with van der Waals surface area (Å²) in [7, 11) is 0. The van der Waals surface area contributed by atoms with Crippen LogP contribution in [0.1, 0.15) is 0 Å². The predicted molar refractivity (Wildman–Crippen MR) is 36.3 cm³/mol. The number of nitriles is 1. The van der Waals surface area contributed by atoms with Crippen molar-refractivity contribution in [1.29, 1.82) is 5.26 Å². The first-order valence-electron chi connectivity index (χ1n) is 1.94. The standard InChI is InChI=1S/C4H5NO2S.K/c5-1-2-8-3-4(6)7;/h2-3H2,(H,6,7);. The van der Waals surface area contributed by atoms with Gasteiger partial charge in [0.05, 0.1) is 17.6 Å². The van der Waals surface area contributed by atoms with Gasteiger partial charge in [-0.3, -0.25) is 4.79 Å². The van der Waals surface area contributed by atoms with E-state index in [1.807, 2.05) is 6.07 Å². The predicted octanol–water partition coefficient (Wildman–Crippen LogP) is -0.0530. The van der Waals surface area contributed by atoms with Crippen LogP contribution in [-0.2, 0) is 4.79 Å². The maximum atomic E-state index is 9.74. The molecule has 0 aliphatic rings. The molecule has 5 heteroatoms. The SMILES string of the molecule is N#CCSCC(=O)O.[K]. The summed E-state index contributed by atoms with van der Waals surface area (Å²) in [5.74, 6) is -0.592. The van der Waals surface area contributed by atoms with E-state index in [1.165, 1.54) is 0 Å². The molecule has 0 rings (SSSR count). The van der Waals surface area contributed by atoms with E-state index in [0.29, 0.717) is 0 Å². The number of carboxylic acid groups (broad SMARTS) is 1. The van der Waals surface area contributed by atoms with E-state index in [9.17, 15) is 4.79 Å². The Morgan fingerprint density at radius 2 is 2.33 bits per heavy atom. The van der Waals surface area contributed by atoms with Crippen LogP contribution in [0.15, 0.2) is 0 Å². The van der Waals surface area contributed by atoms with Gasteiger partial charge in [-0.2, -0.15) is 5.26 Å². The molecular formula is C4H5KNO2S. The summed E-state index contributed by atoms with van der Waals surface area (Å²) < 4.78 is 0. The average molecular weight is 170 g/mol. The molecule has 0 amide bonds. The summed E-state index contributed by atoms with van der Waals surface area (Å²) in [6.07, 6.45) is 0. The molecule has 0 spiro atoms. The van der Waals surface area contributed by atoms with Crippen molar-refractivity contribution in [3.8, 4) is 6.07 Å². The van der Waals surface area contributed by atoms with Crippen LogP contribution in [0.4, 0.5) is 0 Å². The average Bonchev–Trinajstić information content (AvgIpc) is 1.66. The molecule has 0 saturated heterocycles. The van der Waals surface area contributed by atoms with E-state index in [2.05, 4.69) is 0 Å². The van der Waals surface area contributed by atoms with Crippen LogP contribution in [0.25, 0.3) is 0 Å². The van der Waals surface area contributed by atoms with Crippen molar-refractivity contribution in [2.75, 3.05) is 11.5 Å². The van der Waals surface area contributed by atoms with Crippen molar-refractivity contribution in [1.82, 2.24) is 0 Å². The number of thioether (sulfide) groups is 1. The van der Waals surface area contributed by atoms with E-state index in [1.54, 1.807) is 0 Å². The second kappa shape index (κ2) is 8.95. The second-order valence-corrected chi connectivity index (χ2v) is 2.03. The summed E-state index contributed by atoms with van der Waals surface area (Å²) in [6, 6.07) is 1.82. The van der Waals surface area contributed by atoms with Gasteiger partial charge in [-0.1, -0.05) is 0 Å². The maximum absolute atomic E-state index is 9.74. The molecule has 1 radical (unpaired) electrons. The minimum Gasteiger partial charge on any atom is -0.481 e. The quantitative estimate of drug-likeness (QED) is 0.476. The molecule has 0 aromatic heterocycles. The van der Waals surface area contributed by atoms with Crippen LogP contribution in [-0.4, -0.2) is 74.0 Å². The Labute approximate surface area is 100 Å². The van der Waals surface area contributed by atoms with Crippen LogP contribution in [0.2, 0.25) is 0 Å². The van der Waals surface area contributed by atoms with E-state index < -0.39 is 5.97 Å². The Kier molecular flexibility index (Phi) is 12.5. The second-order valence-electron chi connectivity index (χ2n) is 1.04. The molecule has 1 N–H and O–H groups in total. The number of hydrogen-bond acceptors (Lipinski definition) is 3. The number of carboxylic acids is 1. The maximum Gasteiger partial charge on any atom is 0.313 e. The molecule has 3 nitrogen and oxygen atoms in total. The summed E-state index contributed by atoms with van der Waals surface area (Å²) in [4.78, 5) is 9.74. The fourth-order valence-electron chi connectivity index (χ4n) is 0.184. The number of aliphatic carboxylic acids is 1. The van der Waals surface area contributed by atoms with Crippen molar-refractivity contribution in [2.24, 2.45) is 0 Å². The fourth-order valence-corrected chi connectivity index (χ4v) is 0.552. The van der Waals surface area contributed by atoms with E-state index in [0.717, 1.165) is 11.8 Å². The van der Waals surface area contributed by atoms with Gasteiger partial charge in [-0.05, 0) is 0 Å². The molecule has 0 unspecified atom stereocenters. The number of carbonyl (C=O) groups is 1. The minimum absolute atomic E-state index is 0. The molecule has 0 fully saturated rings. The van der Waals surface area contributed by atoms with Gasteiger partial charge in [0.1, 0.15) is 0 Å². The Morgan fingerprint density at radius 1 is 1.78 bits per heavy atom. The molecule has 0 atom stereocenters. The van der Waals surface area contributed by atoms with Gasteiger partial charge in [-0.25, -0.2) is 0 Å². The molecule has 0 aliphatic carbocycles. The van der Waals surface area contributed by atoms with E-state index in [-0.39, 0.29) is 62.9 Å². The Bertz CT molecular complexity index is 122. The topological polar surface area (TPSA) is 61.1 Å². The van der Waals surface area contributed by atoms with Gasteiger partial charge in [0.2, 0.25) is 0 Å². The molecule has 0 aromatic carbocycles. The van der Waals surface area contributed by atoms with Gasteiger partial charge in [0.15, 0.2) is 0 Å². The third-order valence-corrected chi connectivity index (χ3v) is 1.18. The molecule has 0 saturated carbocycles. The number of rotatable bonds is 3. The number of nitrogens with zero attached hydrogens (tertiary/aromatic N) is 1.